The van der Waals surface area contributed by atoms with Crippen molar-refractivity contribution in [1.82, 2.24) is 0 Å². The van der Waals surface area contributed by atoms with Crippen molar-refractivity contribution >= 4 is 0 Å². The van der Waals surface area contributed by atoms with E-state index in [1.54, 1.807) is 0 Å². The molecule has 0 unspecified atom stereocenters. The molecular weight excluding hydrogens is 138 g/mol. The van der Waals surface area contributed by atoms with Crippen LogP contribution in [0, 0.1) is 0 Å². The van der Waals surface area contributed by atoms with E-state index in [1.807, 2.05) is 6.26 Å². The number of nitrogens with two attached hydrogens (primary N) is 1. The highest BCUT2D eigenvalue weighted by Crippen LogP contribution is 2.38. The second kappa shape index (κ2) is 2.52. The molecule has 11 heavy (non-hydrogen) atoms. The third-order valence-corrected chi connectivity index (χ3v) is 2.82. The van der Waals surface area contributed by atoms with Gasteiger partial charge in [0.2, 0.25) is 0 Å². The van der Waals surface area contributed by atoms with Gasteiger partial charge in [-0.25, -0.2) is 0 Å². The lowest BCUT2D eigenvalue weighted by molar-refractivity contribution is 0.195. The summed E-state index contributed by atoms with van der Waals surface area (Å²) < 4.78 is 5.26. The molecule has 0 radical (unpaired) electrons. The Balaban J connectivity index is 2.07. The molecule has 1 fully saturated rings. The monoisotopic (exact) mass is 153 g/mol. The van der Waals surface area contributed by atoms with Crippen molar-refractivity contribution in [2.45, 2.75) is 37.6 Å². The molecule has 0 atom stereocenters. The molecular formula is C9H15NO. The van der Waals surface area contributed by atoms with Crippen molar-refractivity contribution in [2.75, 3.05) is 6.61 Å². The van der Waals surface area contributed by atoms with Gasteiger partial charge in [0.25, 0.3) is 0 Å². The van der Waals surface area contributed by atoms with Gasteiger partial charge in [0, 0.05) is 5.54 Å². The van der Waals surface area contributed by atoms with Crippen LogP contribution in [0.2, 0.25) is 0 Å². The molecule has 1 heterocycles. The van der Waals surface area contributed by atoms with E-state index >= 15 is 0 Å². The smallest absolute Gasteiger partial charge is 0.0876 e. The minimum atomic E-state index is 0.0282. The molecule has 0 saturated heterocycles. The van der Waals surface area contributed by atoms with Crippen LogP contribution < -0.4 is 5.73 Å². The van der Waals surface area contributed by atoms with E-state index in [0.29, 0.717) is 0 Å². The first-order chi connectivity index (χ1) is 5.31. The number of rotatable bonds is 1. The average molecular weight is 153 g/mol. The van der Waals surface area contributed by atoms with Crippen molar-refractivity contribution in [3.63, 3.8) is 0 Å². The number of hydrogen-bond acceptors (Lipinski definition) is 2. The van der Waals surface area contributed by atoms with Crippen LogP contribution in [0.15, 0.2) is 11.8 Å². The van der Waals surface area contributed by atoms with Crippen LogP contribution >= 0.6 is 0 Å². The number of ether oxygens (including phenoxy) is 1. The van der Waals surface area contributed by atoms with E-state index in [1.165, 1.54) is 12.0 Å². The van der Waals surface area contributed by atoms with Crippen molar-refractivity contribution in [3.8, 4) is 0 Å². The first kappa shape index (κ1) is 7.17. The maximum Gasteiger partial charge on any atom is 0.0876 e. The molecule has 0 aromatic rings. The average Bonchev–Trinajstić information content (AvgIpc) is 2.02. The SMILES string of the molecule is NC1(C2=COCCC2)CCC1. The zero-order chi connectivity index (χ0) is 7.73. The quantitative estimate of drug-likeness (QED) is 0.620. The summed E-state index contributed by atoms with van der Waals surface area (Å²) in [5.41, 5.74) is 7.50. The van der Waals surface area contributed by atoms with Gasteiger partial charge in [-0.2, -0.15) is 0 Å². The van der Waals surface area contributed by atoms with Crippen LogP contribution in [0.3, 0.4) is 0 Å². The fraction of sp³-hybridized carbons (Fsp3) is 0.778. The van der Waals surface area contributed by atoms with Crippen LogP contribution in [0.25, 0.3) is 0 Å². The molecule has 0 bridgehead atoms. The van der Waals surface area contributed by atoms with E-state index < -0.39 is 0 Å². The lowest BCUT2D eigenvalue weighted by atomic mass is 9.71. The van der Waals surface area contributed by atoms with Gasteiger partial charge in [0.15, 0.2) is 0 Å². The molecule has 1 saturated carbocycles. The highest BCUT2D eigenvalue weighted by molar-refractivity contribution is 5.22. The first-order valence-corrected chi connectivity index (χ1v) is 4.41. The Morgan fingerprint density at radius 1 is 1.36 bits per heavy atom. The summed E-state index contributed by atoms with van der Waals surface area (Å²) in [4.78, 5) is 0. The van der Waals surface area contributed by atoms with E-state index in [2.05, 4.69) is 0 Å². The zero-order valence-corrected chi connectivity index (χ0v) is 6.81. The standard InChI is InChI=1S/C9H15NO/c10-9(4-2-5-9)8-3-1-6-11-7-8/h7H,1-6,10H2. The fourth-order valence-corrected chi connectivity index (χ4v) is 1.81. The molecule has 2 heteroatoms. The van der Waals surface area contributed by atoms with Gasteiger partial charge >= 0.3 is 0 Å². The van der Waals surface area contributed by atoms with Crippen molar-refractivity contribution in [3.05, 3.63) is 11.8 Å². The Kier molecular flexibility index (Phi) is 1.64. The second-order valence-corrected chi connectivity index (χ2v) is 3.63. The van der Waals surface area contributed by atoms with Gasteiger partial charge in [-0.1, -0.05) is 0 Å². The van der Waals surface area contributed by atoms with E-state index in [4.69, 9.17) is 10.5 Å². The predicted molar refractivity (Wildman–Crippen MR) is 44.0 cm³/mol. The van der Waals surface area contributed by atoms with E-state index in [-0.39, 0.29) is 5.54 Å². The maximum absolute atomic E-state index is 6.13. The Morgan fingerprint density at radius 2 is 2.18 bits per heavy atom. The second-order valence-electron chi connectivity index (χ2n) is 3.63. The van der Waals surface area contributed by atoms with Gasteiger partial charge in [0.05, 0.1) is 12.9 Å². The molecule has 62 valence electrons. The molecule has 1 aliphatic heterocycles. The molecule has 0 spiro atoms. The highest BCUT2D eigenvalue weighted by Gasteiger charge is 2.36. The topological polar surface area (TPSA) is 35.2 Å². The van der Waals surface area contributed by atoms with E-state index in [0.717, 1.165) is 32.3 Å². The highest BCUT2D eigenvalue weighted by atomic mass is 16.5. The van der Waals surface area contributed by atoms with E-state index in [9.17, 15) is 0 Å². The van der Waals surface area contributed by atoms with Gasteiger partial charge in [-0.15, -0.1) is 0 Å². The van der Waals surface area contributed by atoms with Crippen LogP contribution in [0.4, 0.5) is 0 Å². The lowest BCUT2D eigenvalue weighted by Gasteiger charge is -2.41. The van der Waals surface area contributed by atoms with Crippen molar-refractivity contribution < 1.29 is 4.74 Å². The summed E-state index contributed by atoms with van der Waals surface area (Å²) in [6, 6.07) is 0. The molecule has 2 N–H and O–H groups in total. The van der Waals surface area contributed by atoms with Crippen LogP contribution in [-0.2, 0) is 4.74 Å². The molecule has 2 aliphatic rings. The normalized spacial score (nSPS) is 28.3. The Labute approximate surface area is 67.4 Å². The minimum Gasteiger partial charge on any atom is -0.501 e. The predicted octanol–water partition coefficient (Wildman–Crippen LogP) is 1.56. The van der Waals surface area contributed by atoms with Gasteiger partial charge < -0.3 is 10.5 Å². The fourth-order valence-electron chi connectivity index (χ4n) is 1.81. The molecule has 2 rings (SSSR count). The van der Waals surface area contributed by atoms with Gasteiger partial charge in [-0.05, 0) is 37.7 Å². The van der Waals surface area contributed by atoms with Crippen molar-refractivity contribution in [1.29, 1.82) is 0 Å². The number of hydrogen-bond donors (Lipinski definition) is 1. The molecule has 1 aliphatic carbocycles. The molecule has 0 aromatic carbocycles. The Bertz CT molecular complexity index is 182. The summed E-state index contributed by atoms with van der Waals surface area (Å²) in [7, 11) is 0. The Morgan fingerprint density at radius 3 is 2.64 bits per heavy atom. The zero-order valence-electron chi connectivity index (χ0n) is 6.81. The first-order valence-electron chi connectivity index (χ1n) is 4.41. The summed E-state index contributed by atoms with van der Waals surface area (Å²) in [5.74, 6) is 0. The van der Waals surface area contributed by atoms with Crippen LogP contribution in [0.5, 0.6) is 0 Å². The summed E-state index contributed by atoms with van der Waals surface area (Å²) >= 11 is 0. The third-order valence-electron chi connectivity index (χ3n) is 2.82. The molecule has 0 aromatic heterocycles. The molecule has 2 nitrogen and oxygen atoms in total. The summed E-state index contributed by atoms with van der Waals surface area (Å²) in [6.07, 6.45) is 7.78. The minimum absolute atomic E-state index is 0.0282. The Hall–Kier alpha value is -0.500. The summed E-state index contributed by atoms with van der Waals surface area (Å²) in [5, 5.41) is 0. The summed E-state index contributed by atoms with van der Waals surface area (Å²) in [6.45, 7) is 0.875. The van der Waals surface area contributed by atoms with Gasteiger partial charge in [-0.3, -0.25) is 0 Å². The third kappa shape index (κ3) is 1.16. The molecule has 0 amide bonds. The van der Waals surface area contributed by atoms with Crippen LogP contribution in [-0.4, -0.2) is 12.1 Å². The van der Waals surface area contributed by atoms with Crippen molar-refractivity contribution in [2.24, 2.45) is 5.73 Å². The largest absolute Gasteiger partial charge is 0.501 e. The maximum atomic E-state index is 6.13. The van der Waals surface area contributed by atoms with Gasteiger partial charge in [0.1, 0.15) is 0 Å². The lowest BCUT2D eigenvalue weighted by Crippen LogP contribution is -2.48. The van der Waals surface area contributed by atoms with Crippen LogP contribution in [0.1, 0.15) is 32.1 Å².